The van der Waals surface area contributed by atoms with E-state index in [0.717, 1.165) is 0 Å². The molecule has 1 aliphatic heterocycles. The third-order valence-corrected chi connectivity index (χ3v) is 6.28. The molecule has 0 bridgehead atoms. The Balaban J connectivity index is 1.90. The number of hydrogen-bond acceptors (Lipinski definition) is 5. The van der Waals surface area contributed by atoms with Gasteiger partial charge >= 0.3 is 5.97 Å². The van der Waals surface area contributed by atoms with Crippen molar-refractivity contribution < 1.29 is 22.7 Å². The standard InChI is InChI=1S/C18H18ClNO5S/c1-13-6-7-14(26(22,23)20-8-10-24-11-9-20)12-15(13)18(21)25-17-5-3-2-4-16(17)19/h2-7,12H,8-11H2,1H3. The van der Waals surface area contributed by atoms with Gasteiger partial charge in [-0.05, 0) is 36.8 Å². The Morgan fingerprint density at radius 3 is 2.54 bits per heavy atom. The van der Waals surface area contributed by atoms with Crippen molar-refractivity contribution in [1.82, 2.24) is 4.31 Å². The molecule has 0 aliphatic carbocycles. The first-order valence-corrected chi connectivity index (χ1v) is 9.86. The van der Waals surface area contributed by atoms with Crippen LogP contribution in [0.4, 0.5) is 0 Å². The van der Waals surface area contributed by atoms with E-state index in [-0.39, 0.29) is 29.3 Å². The molecule has 0 amide bonds. The molecule has 26 heavy (non-hydrogen) atoms. The number of sulfonamides is 1. The first-order chi connectivity index (χ1) is 12.4. The van der Waals surface area contributed by atoms with Gasteiger partial charge in [0.1, 0.15) is 5.75 Å². The average molecular weight is 396 g/mol. The number of benzene rings is 2. The molecule has 6 nitrogen and oxygen atoms in total. The number of para-hydroxylation sites is 1. The van der Waals surface area contributed by atoms with Crippen LogP contribution in [0, 0.1) is 6.92 Å². The number of morpholine rings is 1. The van der Waals surface area contributed by atoms with E-state index in [2.05, 4.69) is 0 Å². The van der Waals surface area contributed by atoms with Gasteiger partial charge in [0.25, 0.3) is 0 Å². The number of ether oxygens (including phenoxy) is 2. The lowest BCUT2D eigenvalue weighted by Gasteiger charge is -2.26. The van der Waals surface area contributed by atoms with Gasteiger partial charge in [-0.2, -0.15) is 4.31 Å². The maximum atomic E-state index is 12.8. The van der Waals surface area contributed by atoms with Crippen LogP contribution in [0.25, 0.3) is 0 Å². The zero-order valence-corrected chi connectivity index (χ0v) is 15.7. The summed E-state index contributed by atoms with van der Waals surface area (Å²) in [7, 11) is -3.70. The third-order valence-electron chi connectivity index (χ3n) is 4.08. The van der Waals surface area contributed by atoms with Crippen LogP contribution in [0.1, 0.15) is 15.9 Å². The van der Waals surface area contributed by atoms with E-state index in [0.29, 0.717) is 23.8 Å². The molecular weight excluding hydrogens is 378 g/mol. The fourth-order valence-electron chi connectivity index (χ4n) is 2.60. The van der Waals surface area contributed by atoms with Gasteiger partial charge in [0.2, 0.25) is 10.0 Å². The van der Waals surface area contributed by atoms with Crippen LogP contribution in [0.2, 0.25) is 5.02 Å². The van der Waals surface area contributed by atoms with Crippen molar-refractivity contribution >= 4 is 27.6 Å². The summed E-state index contributed by atoms with van der Waals surface area (Å²) in [5.41, 5.74) is 0.794. The Morgan fingerprint density at radius 2 is 1.85 bits per heavy atom. The summed E-state index contributed by atoms with van der Waals surface area (Å²) in [6.07, 6.45) is 0. The molecule has 0 spiro atoms. The molecule has 3 rings (SSSR count). The summed E-state index contributed by atoms with van der Waals surface area (Å²) in [4.78, 5) is 12.6. The fourth-order valence-corrected chi connectivity index (χ4v) is 4.21. The highest BCUT2D eigenvalue weighted by molar-refractivity contribution is 7.89. The van der Waals surface area contributed by atoms with Crippen LogP contribution >= 0.6 is 11.6 Å². The lowest BCUT2D eigenvalue weighted by molar-refractivity contribution is 0.0727. The predicted octanol–water partition coefficient (Wildman–Crippen LogP) is 2.89. The minimum absolute atomic E-state index is 0.0520. The Kier molecular flexibility index (Phi) is 5.62. The van der Waals surface area contributed by atoms with Gasteiger partial charge in [-0.1, -0.05) is 29.8 Å². The first-order valence-electron chi connectivity index (χ1n) is 8.05. The highest BCUT2D eigenvalue weighted by atomic mass is 35.5. The van der Waals surface area contributed by atoms with Gasteiger partial charge in [-0.15, -0.1) is 0 Å². The smallest absolute Gasteiger partial charge is 0.343 e. The van der Waals surface area contributed by atoms with Crippen LogP contribution in [0.15, 0.2) is 47.4 Å². The van der Waals surface area contributed by atoms with Crippen molar-refractivity contribution in [3.05, 3.63) is 58.6 Å². The largest absolute Gasteiger partial charge is 0.421 e. The normalized spacial score (nSPS) is 15.6. The molecule has 1 fully saturated rings. The van der Waals surface area contributed by atoms with E-state index in [9.17, 15) is 13.2 Å². The van der Waals surface area contributed by atoms with Crippen molar-refractivity contribution in [1.29, 1.82) is 0 Å². The van der Waals surface area contributed by atoms with Gasteiger partial charge in [0.15, 0.2) is 0 Å². The van der Waals surface area contributed by atoms with Gasteiger partial charge in [0.05, 0.1) is 28.7 Å². The molecular formula is C18H18ClNO5S. The van der Waals surface area contributed by atoms with Crippen LogP contribution in [0.5, 0.6) is 5.75 Å². The third kappa shape index (κ3) is 3.91. The van der Waals surface area contributed by atoms with Crippen molar-refractivity contribution in [2.24, 2.45) is 0 Å². The molecule has 1 saturated heterocycles. The van der Waals surface area contributed by atoms with Crippen molar-refractivity contribution in [2.75, 3.05) is 26.3 Å². The van der Waals surface area contributed by atoms with Gasteiger partial charge < -0.3 is 9.47 Å². The molecule has 1 heterocycles. The number of carbonyl (C=O) groups is 1. The Morgan fingerprint density at radius 1 is 1.15 bits per heavy atom. The second kappa shape index (κ2) is 7.75. The number of hydrogen-bond donors (Lipinski definition) is 0. The van der Waals surface area contributed by atoms with Crippen LogP contribution in [-0.4, -0.2) is 45.0 Å². The highest BCUT2D eigenvalue weighted by Crippen LogP contribution is 2.26. The van der Waals surface area contributed by atoms with Gasteiger partial charge in [-0.3, -0.25) is 0 Å². The second-order valence-corrected chi connectivity index (χ2v) is 8.16. The SMILES string of the molecule is Cc1ccc(S(=O)(=O)N2CCOCC2)cc1C(=O)Oc1ccccc1Cl. The monoisotopic (exact) mass is 395 g/mol. The average Bonchev–Trinajstić information content (AvgIpc) is 2.64. The lowest BCUT2D eigenvalue weighted by atomic mass is 10.1. The number of nitrogens with zero attached hydrogens (tertiary/aromatic N) is 1. The molecule has 138 valence electrons. The topological polar surface area (TPSA) is 72.9 Å². The number of halogens is 1. The van der Waals surface area contributed by atoms with Crippen LogP contribution < -0.4 is 4.74 Å². The fraction of sp³-hybridized carbons (Fsp3) is 0.278. The zero-order chi connectivity index (χ0) is 18.7. The summed E-state index contributed by atoms with van der Waals surface area (Å²) in [6, 6.07) is 11.0. The summed E-state index contributed by atoms with van der Waals surface area (Å²) in [5, 5.41) is 0.301. The summed E-state index contributed by atoms with van der Waals surface area (Å²) < 4.78 is 37.4. The van der Waals surface area contributed by atoms with E-state index >= 15 is 0 Å². The van der Waals surface area contributed by atoms with Gasteiger partial charge in [0, 0.05) is 13.1 Å². The molecule has 0 saturated carbocycles. The first kappa shape index (κ1) is 18.8. The Hall–Kier alpha value is -1.93. The summed E-state index contributed by atoms with van der Waals surface area (Å²) in [6.45, 7) is 3.00. The van der Waals surface area contributed by atoms with E-state index in [1.807, 2.05) is 0 Å². The van der Waals surface area contributed by atoms with E-state index in [1.54, 1.807) is 37.3 Å². The number of rotatable bonds is 4. The Bertz CT molecular complexity index is 923. The maximum Gasteiger partial charge on any atom is 0.343 e. The van der Waals surface area contributed by atoms with E-state index < -0.39 is 16.0 Å². The van der Waals surface area contributed by atoms with E-state index in [4.69, 9.17) is 21.1 Å². The predicted molar refractivity (Wildman–Crippen MR) is 97.2 cm³/mol. The minimum Gasteiger partial charge on any atom is -0.421 e. The van der Waals surface area contributed by atoms with Crippen molar-refractivity contribution in [2.45, 2.75) is 11.8 Å². The molecule has 0 aromatic heterocycles. The Labute approximate surface area is 157 Å². The molecule has 8 heteroatoms. The quantitative estimate of drug-likeness (QED) is 0.588. The molecule has 0 unspecified atom stereocenters. The molecule has 0 radical (unpaired) electrons. The number of esters is 1. The van der Waals surface area contributed by atoms with Crippen molar-refractivity contribution in [3.63, 3.8) is 0 Å². The lowest BCUT2D eigenvalue weighted by Crippen LogP contribution is -2.40. The number of carbonyl (C=O) groups excluding carboxylic acids is 1. The number of aryl methyl sites for hydroxylation is 1. The molecule has 0 atom stereocenters. The molecule has 2 aromatic carbocycles. The molecule has 1 aliphatic rings. The van der Waals surface area contributed by atoms with E-state index in [1.165, 1.54) is 16.4 Å². The zero-order valence-electron chi connectivity index (χ0n) is 14.1. The van der Waals surface area contributed by atoms with Gasteiger partial charge in [-0.25, -0.2) is 13.2 Å². The highest BCUT2D eigenvalue weighted by Gasteiger charge is 2.27. The summed E-state index contributed by atoms with van der Waals surface area (Å²) in [5.74, 6) is -0.436. The van der Waals surface area contributed by atoms with Crippen LogP contribution in [0.3, 0.4) is 0 Å². The van der Waals surface area contributed by atoms with Crippen LogP contribution in [-0.2, 0) is 14.8 Å². The molecule has 0 N–H and O–H groups in total. The second-order valence-electron chi connectivity index (χ2n) is 5.81. The minimum atomic E-state index is -3.70. The van der Waals surface area contributed by atoms with Crippen molar-refractivity contribution in [3.8, 4) is 5.75 Å². The maximum absolute atomic E-state index is 12.8. The summed E-state index contributed by atoms with van der Waals surface area (Å²) >= 11 is 6.01. The molecule has 2 aromatic rings.